The summed E-state index contributed by atoms with van der Waals surface area (Å²) in [5.41, 5.74) is 0. The summed E-state index contributed by atoms with van der Waals surface area (Å²) in [4.78, 5) is 11.9. The van der Waals surface area contributed by atoms with Crippen LogP contribution in [0.15, 0.2) is 0 Å². The number of aromatic nitrogens is 4. The first-order chi connectivity index (χ1) is 8.93. The first-order valence-corrected chi connectivity index (χ1v) is 6.60. The van der Waals surface area contributed by atoms with Gasteiger partial charge in [0.25, 0.3) is 0 Å². The number of aliphatic hydroxyl groups excluding tert-OH is 1. The maximum atomic E-state index is 11.9. The second-order valence-corrected chi connectivity index (χ2v) is 5.43. The summed E-state index contributed by atoms with van der Waals surface area (Å²) in [6.07, 6.45) is 0.745. The number of hydrogen-bond acceptors (Lipinski definition) is 5. The topological polar surface area (TPSA) is 92.9 Å². The molecule has 0 bridgehead atoms. The third-order valence-electron chi connectivity index (χ3n) is 2.71. The largest absolute Gasteiger partial charge is 0.394 e. The molecular formula is C12H23N5O2. The summed E-state index contributed by atoms with van der Waals surface area (Å²) < 4.78 is 1.49. The molecule has 7 heteroatoms. The Bertz CT molecular complexity index is 403. The molecular weight excluding hydrogens is 246 g/mol. The molecule has 19 heavy (non-hydrogen) atoms. The summed E-state index contributed by atoms with van der Waals surface area (Å²) >= 11 is 0. The smallest absolute Gasteiger partial charge is 0.242 e. The zero-order chi connectivity index (χ0) is 14.4. The normalized spacial score (nSPS) is 13.0. The standard InChI is InChI=1S/C12H23N5O2/c1-8(2)5-10(7-18)13-11(19)6-17-12(9(3)4)14-15-16-17/h8-10,18H,5-7H2,1-4H3,(H,13,19). The van der Waals surface area contributed by atoms with Crippen molar-refractivity contribution in [1.29, 1.82) is 0 Å². The number of nitrogens with one attached hydrogen (secondary N) is 1. The van der Waals surface area contributed by atoms with Gasteiger partial charge in [0.15, 0.2) is 5.82 Å². The molecule has 0 saturated carbocycles. The van der Waals surface area contributed by atoms with Crippen LogP contribution in [-0.2, 0) is 11.3 Å². The zero-order valence-electron chi connectivity index (χ0n) is 12.0. The summed E-state index contributed by atoms with van der Waals surface area (Å²) in [5.74, 6) is 1.07. The van der Waals surface area contributed by atoms with Gasteiger partial charge in [-0.15, -0.1) is 5.10 Å². The van der Waals surface area contributed by atoms with Gasteiger partial charge in [0.05, 0.1) is 12.6 Å². The van der Waals surface area contributed by atoms with Gasteiger partial charge in [0.2, 0.25) is 5.91 Å². The van der Waals surface area contributed by atoms with Crippen LogP contribution >= 0.6 is 0 Å². The highest BCUT2D eigenvalue weighted by Gasteiger charge is 2.16. The molecule has 1 aromatic rings. The molecule has 0 spiro atoms. The fourth-order valence-corrected chi connectivity index (χ4v) is 1.90. The predicted octanol–water partition coefficient (Wildman–Crippen LogP) is 0.320. The molecule has 1 unspecified atom stereocenters. The average molecular weight is 269 g/mol. The molecule has 0 aliphatic rings. The lowest BCUT2D eigenvalue weighted by atomic mass is 10.0. The molecule has 0 aromatic carbocycles. The molecule has 1 heterocycles. The van der Waals surface area contributed by atoms with Crippen LogP contribution in [0.5, 0.6) is 0 Å². The Balaban J connectivity index is 2.57. The van der Waals surface area contributed by atoms with E-state index in [1.807, 2.05) is 27.7 Å². The third-order valence-corrected chi connectivity index (χ3v) is 2.71. The molecule has 0 fully saturated rings. The van der Waals surface area contributed by atoms with E-state index in [0.717, 1.165) is 6.42 Å². The summed E-state index contributed by atoms with van der Waals surface area (Å²) in [7, 11) is 0. The fourth-order valence-electron chi connectivity index (χ4n) is 1.90. The molecule has 0 saturated heterocycles. The third kappa shape index (κ3) is 4.94. The molecule has 1 rings (SSSR count). The van der Waals surface area contributed by atoms with Crippen molar-refractivity contribution < 1.29 is 9.90 Å². The number of carbonyl (C=O) groups is 1. The van der Waals surface area contributed by atoms with Gasteiger partial charge in [-0.2, -0.15) is 0 Å². The molecule has 0 aliphatic carbocycles. The zero-order valence-corrected chi connectivity index (χ0v) is 12.0. The molecule has 7 nitrogen and oxygen atoms in total. The lowest BCUT2D eigenvalue weighted by Gasteiger charge is -2.18. The van der Waals surface area contributed by atoms with Crippen LogP contribution in [0.3, 0.4) is 0 Å². The fraction of sp³-hybridized carbons (Fsp3) is 0.833. The monoisotopic (exact) mass is 269 g/mol. The van der Waals surface area contributed by atoms with Gasteiger partial charge in [0.1, 0.15) is 6.54 Å². The Hall–Kier alpha value is -1.50. The van der Waals surface area contributed by atoms with E-state index in [2.05, 4.69) is 20.8 Å². The minimum Gasteiger partial charge on any atom is -0.394 e. The molecule has 1 aromatic heterocycles. The van der Waals surface area contributed by atoms with Gasteiger partial charge < -0.3 is 10.4 Å². The minimum absolute atomic E-state index is 0.0590. The Morgan fingerprint density at radius 2 is 2.05 bits per heavy atom. The van der Waals surface area contributed by atoms with Crippen molar-refractivity contribution in [3.8, 4) is 0 Å². The Morgan fingerprint density at radius 1 is 1.37 bits per heavy atom. The van der Waals surface area contributed by atoms with Crippen molar-refractivity contribution in [3.05, 3.63) is 5.82 Å². The number of hydrogen-bond donors (Lipinski definition) is 2. The Kier molecular flexibility index (Phi) is 5.88. The first kappa shape index (κ1) is 15.6. The van der Waals surface area contributed by atoms with Crippen molar-refractivity contribution in [2.24, 2.45) is 5.92 Å². The highest BCUT2D eigenvalue weighted by molar-refractivity contribution is 5.76. The van der Waals surface area contributed by atoms with Crippen molar-refractivity contribution in [2.45, 2.75) is 52.6 Å². The highest BCUT2D eigenvalue weighted by atomic mass is 16.3. The van der Waals surface area contributed by atoms with Gasteiger partial charge in [-0.25, -0.2) is 4.68 Å². The molecule has 0 aliphatic heterocycles. The van der Waals surface area contributed by atoms with Crippen molar-refractivity contribution >= 4 is 5.91 Å². The van der Waals surface area contributed by atoms with Gasteiger partial charge in [-0.3, -0.25) is 4.79 Å². The van der Waals surface area contributed by atoms with Crippen molar-refractivity contribution in [3.63, 3.8) is 0 Å². The van der Waals surface area contributed by atoms with Crippen LogP contribution in [0.25, 0.3) is 0 Å². The van der Waals surface area contributed by atoms with Crippen LogP contribution in [0.2, 0.25) is 0 Å². The number of nitrogens with zero attached hydrogens (tertiary/aromatic N) is 4. The number of tetrazole rings is 1. The Labute approximate surface area is 113 Å². The number of rotatable bonds is 7. The van der Waals surface area contributed by atoms with E-state index < -0.39 is 0 Å². The maximum Gasteiger partial charge on any atom is 0.242 e. The van der Waals surface area contributed by atoms with E-state index in [4.69, 9.17) is 0 Å². The summed E-state index contributed by atoms with van der Waals surface area (Å²) in [5, 5.41) is 23.3. The van der Waals surface area contributed by atoms with Crippen LogP contribution in [0, 0.1) is 5.92 Å². The minimum atomic E-state index is -0.216. The van der Waals surface area contributed by atoms with E-state index in [0.29, 0.717) is 11.7 Å². The maximum absolute atomic E-state index is 11.9. The van der Waals surface area contributed by atoms with Gasteiger partial charge >= 0.3 is 0 Å². The molecule has 0 radical (unpaired) electrons. The summed E-state index contributed by atoms with van der Waals surface area (Å²) in [6, 6.07) is -0.216. The van der Waals surface area contributed by atoms with Gasteiger partial charge in [-0.1, -0.05) is 27.7 Å². The number of carbonyl (C=O) groups excluding carboxylic acids is 1. The molecule has 108 valence electrons. The molecule has 1 amide bonds. The van der Waals surface area contributed by atoms with Crippen molar-refractivity contribution in [2.75, 3.05) is 6.61 Å². The predicted molar refractivity (Wildman–Crippen MR) is 70.4 cm³/mol. The van der Waals surface area contributed by atoms with Gasteiger partial charge in [0, 0.05) is 5.92 Å². The summed E-state index contributed by atoms with van der Waals surface area (Å²) in [6.45, 7) is 8.05. The van der Waals surface area contributed by atoms with E-state index in [1.165, 1.54) is 4.68 Å². The molecule has 1 atom stereocenters. The number of aliphatic hydroxyl groups is 1. The Morgan fingerprint density at radius 3 is 2.58 bits per heavy atom. The van der Waals surface area contributed by atoms with Crippen LogP contribution in [-0.4, -0.2) is 43.9 Å². The average Bonchev–Trinajstić information content (AvgIpc) is 2.75. The SMILES string of the molecule is CC(C)CC(CO)NC(=O)Cn1nnnc1C(C)C. The van der Waals surface area contributed by atoms with E-state index in [9.17, 15) is 9.90 Å². The van der Waals surface area contributed by atoms with Crippen molar-refractivity contribution in [1.82, 2.24) is 25.5 Å². The van der Waals surface area contributed by atoms with E-state index in [1.54, 1.807) is 0 Å². The second-order valence-electron chi connectivity index (χ2n) is 5.43. The van der Waals surface area contributed by atoms with E-state index >= 15 is 0 Å². The van der Waals surface area contributed by atoms with Crippen LogP contribution in [0.4, 0.5) is 0 Å². The molecule has 2 N–H and O–H groups in total. The van der Waals surface area contributed by atoms with Crippen LogP contribution in [0.1, 0.15) is 45.9 Å². The van der Waals surface area contributed by atoms with Crippen LogP contribution < -0.4 is 5.32 Å². The lowest BCUT2D eigenvalue weighted by Crippen LogP contribution is -2.40. The number of amides is 1. The highest BCUT2D eigenvalue weighted by Crippen LogP contribution is 2.09. The lowest BCUT2D eigenvalue weighted by molar-refractivity contribution is -0.123. The van der Waals surface area contributed by atoms with E-state index in [-0.39, 0.29) is 31.0 Å². The van der Waals surface area contributed by atoms with Gasteiger partial charge in [-0.05, 0) is 22.8 Å². The quantitative estimate of drug-likeness (QED) is 0.743. The second kappa shape index (κ2) is 7.18. The first-order valence-electron chi connectivity index (χ1n) is 6.60.